The van der Waals surface area contributed by atoms with Gasteiger partial charge in [-0.25, -0.2) is 0 Å². The van der Waals surface area contributed by atoms with Crippen LogP contribution in [-0.2, 0) is 6.54 Å². The lowest BCUT2D eigenvalue weighted by atomic mass is 10.0. The molecule has 0 radical (unpaired) electrons. The summed E-state index contributed by atoms with van der Waals surface area (Å²) in [4.78, 5) is 4.80. The number of hydrogen-bond acceptors (Lipinski definition) is 3. The summed E-state index contributed by atoms with van der Waals surface area (Å²) in [5.74, 6) is 0. The van der Waals surface area contributed by atoms with Crippen LogP contribution in [0.3, 0.4) is 0 Å². The van der Waals surface area contributed by atoms with Crippen LogP contribution in [0.1, 0.15) is 18.4 Å². The quantitative estimate of drug-likeness (QED) is 0.930. The monoisotopic (exact) mass is 311 g/mol. The number of anilines is 1. The maximum atomic E-state index is 5.66. The van der Waals surface area contributed by atoms with Gasteiger partial charge >= 0.3 is 0 Å². The van der Waals surface area contributed by atoms with Crippen LogP contribution < -0.4 is 10.6 Å². The minimum absolute atomic E-state index is 0.594. The molecule has 0 spiro atoms. The van der Waals surface area contributed by atoms with E-state index in [-0.39, 0.29) is 0 Å². The van der Waals surface area contributed by atoms with E-state index in [0.717, 1.165) is 4.47 Å². The topological polar surface area (TPSA) is 32.5 Å². The fourth-order valence-corrected chi connectivity index (χ4v) is 3.25. The first-order valence-corrected chi connectivity index (χ1v) is 7.31. The van der Waals surface area contributed by atoms with Crippen molar-refractivity contribution >= 4 is 21.6 Å². The highest BCUT2D eigenvalue weighted by Crippen LogP contribution is 2.30. The number of benzene rings is 1. The SMILES string of the molecule is CN1CCC(N(C)c2ccc(CN)cc2Br)CC1. The summed E-state index contributed by atoms with van der Waals surface area (Å²) in [6, 6.07) is 7.05. The van der Waals surface area contributed by atoms with Crippen molar-refractivity contribution in [2.24, 2.45) is 5.73 Å². The van der Waals surface area contributed by atoms with Gasteiger partial charge in [-0.1, -0.05) is 6.07 Å². The van der Waals surface area contributed by atoms with Crippen LogP contribution in [0.5, 0.6) is 0 Å². The van der Waals surface area contributed by atoms with Crippen LogP contribution in [0.2, 0.25) is 0 Å². The molecule has 0 saturated carbocycles. The van der Waals surface area contributed by atoms with Gasteiger partial charge < -0.3 is 15.5 Å². The van der Waals surface area contributed by atoms with Crippen LogP contribution in [-0.4, -0.2) is 38.1 Å². The Kier molecular flexibility index (Phi) is 4.65. The average molecular weight is 312 g/mol. The van der Waals surface area contributed by atoms with Gasteiger partial charge in [-0.15, -0.1) is 0 Å². The molecule has 1 aliphatic heterocycles. The molecule has 0 aromatic heterocycles. The summed E-state index contributed by atoms with van der Waals surface area (Å²) < 4.78 is 1.15. The number of piperidine rings is 1. The molecule has 3 nitrogen and oxygen atoms in total. The minimum Gasteiger partial charge on any atom is -0.371 e. The highest BCUT2D eigenvalue weighted by molar-refractivity contribution is 9.10. The molecule has 100 valence electrons. The number of likely N-dealkylation sites (tertiary alicyclic amines) is 1. The molecule has 0 amide bonds. The molecule has 0 aliphatic carbocycles. The molecule has 1 aromatic carbocycles. The first-order chi connectivity index (χ1) is 8.61. The van der Waals surface area contributed by atoms with Crippen molar-refractivity contribution in [3.63, 3.8) is 0 Å². The third-order valence-electron chi connectivity index (χ3n) is 3.86. The highest BCUT2D eigenvalue weighted by atomic mass is 79.9. The van der Waals surface area contributed by atoms with E-state index in [4.69, 9.17) is 5.73 Å². The zero-order valence-electron chi connectivity index (χ0n) is 11.2. The van der Waals surface area contributed by atoms with Gasteiger partial charge in [-0.3, -0.25) is 0 Å². The van der Waals surface area contributed by atoms with Gasteiger partial charge in [0, 0.05) is 24.1 Å². The Morgan fingerprint density at radius 3 is 2.61 bits per heavy atom. The standard InChI is InChI=1S/C14H22BrN3/c1-17-7-5-12(6-8-17)18(2)14-4-3-11(10-16)9-13(14)15/h3-4,9,12H,5-8,10,16H2,1-2H3. The minimum atomic E-state index is 0.594. The van der Waals surface area contributed by atoms with Crippen LogP contribution >= 0.6 is 15.9 Å². The Labute approximate surface area is 118 Å². The molecule has 2 rings (SSSR count). The van der Waals surface area contributed by atoms with Crippen molar-refractivity contribution in [3.05, 3.63) is 28.2 Å². The number of halogens is 1. The van der Waals surface area contributed by atoms with E-state index in [1.54, 1.807) is 0 Å². The van der Waals surface area contributed by atoms with Crippen LogP contribution in [0, 0.1) is 0 Å². The van der Waals surface area contributed by atoms with Crippen molar-refractivity contribution < 1.29 is 0 Å². The second-order valence-electron chi connectivity index (χ2n) is 5.14. The normalized spacial score (nSPS) is 18.0. The Hall–Kier alpha value is -0.580. The van der Waals surface area contributed by atoms with Crippen molar-refractivity contribution in [2.75, 3.05) is 32.1 Å². The van der Waals surface area contributed by atoms with E-state index in [0.29, 0.717) is 12.6 Å². The molecule has 1 heterocycles. The molecular weight excluding hydrogens is 290 g/mol. The maximum Gasteiger partial charge on any atom is 0.0510 e. The Morgan fingerprint density at radius 1 is 1.39 bits per heavy atom. The summed E-state index contributed by atoms with van der Waals surface area (Å²) in [7, 11) is 4.39. The Bertz CT molecular complexity index is 400. The van der Waals surface area contributed by atoms with Gasteiger partial charge in [0.05, 0.1) is 5.69 Å². The number of nitrogens with two attached hydrogens (primary N) is 1. The summed E-state index contributed by atoms with van der Waals surface area (Å²) >= 11 is 3.66. The molecule has 18 heavy (non-hydrogen) atoms. The lowest BCUT2D eigenvalue weighted by Gasteiger charge is -2.36. The number of nitrogens with zero attached hydrogens (tertiary/aromatic N) is 2. The molecule has 1 fully saturated rings. The second-order valence-corrected chi connectivity index (χ2v) is 5.99. The van der Waals surface area contributed by atoms with E-state index in [1.807, 2.05) is 0 Å². The molecule has 1 saturated heterocycles. The molecule has 1 aromatic rings. The lowest BCUT2D eigenvalue weighted by Crippen LogP contribution is -2.42. The second kappa shape index (κ2) is 6.04. The van der Waals surface area contributed by atoms with E-state index < -0.39 is 0 Å². The smallest absolute Gasteiger partial charge is 0.0510 e. The van der Waals surface area contributed by atoms with Gasteiger partial charge in [0.1, 0.15) is 0 Å². The molecule has 2 N–H and O–H groups in total. The largest absolute Gasteiger partial charge is 0.371 e. The fraction of sp³-hybridized carbons (Fsp3) is 0.571. The summed E-state index contributed by atoms with van der Waals surface area (Å²) in [5.41, 5.74) is 8.10. The number of rotatable bonds is 3. The van der Waals surface area contributed by atoms with Crippen molar-refractivity contribution in [3.8, 4) is 0 Å². The highest BCUT2D eigenvalue weighted by Gasteiger charge is 2.21. The van der Waals surface area contributed by atoms with Gasteiger partial charge in [-0.05, 0) is 66.6 Å². The van der Waals surface area contributed by atoms with Crippen molar-refractivity contribution in [1.29, 1.82) is 0 Å². The summed E-state index contributed by atoms with van der Waals surface area (Å²) in [6.07, 6.45) is 2.47. The predicted octanol–water partition coefficient (Wildman–Crippen LogP) is 2.44. The van der Waals surface area contributed by atoms with E-state index in [2.05, 4.69) is 58.0 Å². The van der Waals surface area contributed by atoms with Crippen molar-refractivity contribution in [1.82, 2.24) is 4.90 Å². The third kappa shape index (κ3) is 3.05. The van der Waals surface area contributed by atoms with E-state index >= 15 is 0 Å². The first kappa shape index (κ1) is 13.8. The van der Waals surface area contributed by atoms with Gasteiger partial charge in [0.15, 0.2) is 0 Å². The summed E-state index contributed by atoms with van der Waals surface area (Å²) in [5, 5.41) is 0. The predicted molar refractivity (Wildman–Crippen MR) is 81.0 cm³/mol. The maximum absolute atomic E-state index is 5.66. The van der Waals surface area contributed by atoms with Gasteiger partial charge in [-0.2, -0.15) is 0 Å². The molecule has 1 aliphatic rings. The van der Waals surface area contributed by atoms with Crippen molar-refractivity contribution in [2.45, 2.75) is 25.4 Å². The molecule has 0 bridgehead atoms. The van der Waals surface area contributed by atoms with Crippen LogP contribution in [0.4, 0.5) is 5.69 Å². The lowest BCUT2D eigenvalue weighted by molar-refractivity contribution is 0.253. The molecule has 0 unspecified atom stereocenters. The Balaban J connectivity index is 2.11. The van der Waals surface area contributed by atoms with E-state index in [1.165, 1.54) is 37.2 Å². The zero-order chi connectivity index (χ0) is 13.1. The first-order valence-electron chi connectivity index (χ1n) is 6.51. The molecule has 0 atom stereocenters. The van der Waals surface area contributed by atoms with Gasteiger partial charge in [0.2, 0.25) is 0 Å². The van der Waals surface area contributed by atoms with Crippen LogP contribution in [0.15, 0.2) is 22.7 Å². The fourth-order valence-electron chi connectivity index (χ4n) is 2.54. The van der Waals surface area contributed by atoms with Gasteiger partial charge in [0.25, 0.3) is 0 Å². The Morgan fingerprint density at radius 2 is 2.06 bits per heavy atom. The third-order valence-corrected chi connectivity index (χ3v) is 4.50. The number of hydrogen-bond donors (Lipinski definition) is 1. The van der Waals surface area contributed by atoms with Crippen LogP contribution in [0.25, 0.3) is 0 Å². The average Bonchev–Trinajstić information content (AvgIpc) is 2.38. The summed E-state index contributed by atoms with van der Waals surface area (Å²) in [6.45, 7) is 2.97. The molecular formula is C14H22BrN3. The zero-order valence-corrected chi connectivity index (χ0v) is 12.8. The molecule has 4 heteroatoms. The van der Waals surface area contributed by atoms with E-state index in [9.17, 15) is 0 Å².